The Hall–Kier alpha value is -3.00. The third kappa shape index (κ3) is 4.48. The van der Waals surface area contributed by atoms with E-state index in [1.165, 1.54) is 0 Å². The van der Waals surface area contributed by atoms with E-state index in [9.17, 15) is 0 Å². The van der Waals surface area contributed by atoms with Crippen molar-refractivity contribution in [3.8, 4) is 17.6 Å². The standard InChI is InChI=1S/C18H18N2O3/c1-3-22-18-10-14(8-9-17(18)21-2)12-20-23-13-16-7-5-4-6-15(16)11-19/h4-10,12H,3,13H2,1-2H3/b20-12-. The van der Waals surface area contributed by atoms with E-state index in [0.29, 0.717) is 23.7 Å². The summed E-state index contributed by atoms with van der Waals surface area (Å²) < 4.78 is 10.7. The Morgan fingerprint density at radius 1 is 1.17 bits per heavy atom. The molecule has 0 bridgehead atoms. The average Bonchev–Trinajstić information content (AvgIpc) is 2.59. The molecule has 0 aliphatic carbocycles. The van der Waals surface area contributed by atoms with Gasteiger partial charge in [-0.3, -0.25) is 0 Å². The minimum atomic E-state index is 0.245. The number of nitrogens with zero attached hydrogens (tertiary/aromatic N) is 2. The summed E-state index contributed by atoms with van der Waals surface area (Å²) >= 11 is 0. The van der Waals surface area contributed by atoms with Crippen molar-refractivity contribution in [3.05, 3.63) is 59.2 Å². The smallest absolute Gasteiger partial charge is 0.161 e. The molecule has 0 aliphatic heterocycles. The van der Waals surface area contributed by atoms with Crippen LogP contribution in [-0.4, -0.2) is 19.9 Å². The van der Waals surface area contributed by atoms with Crippen molar-refractivity contribution in [2.24, 2.45) is 5.16 Å². The van der Waals surface area contributed by atoms with Crippen molar-refractivity contribution in [1.82, 2.24) is 0 Å². The molecule has 0 radical (unpaired) electrons. The lowest BCUT2D eigenvalue weighted by atomic mass is 10.1. The molecule has 0 amide bonds. The Morgan fingerprint density at radius 2 is 2.00 bits per heavy atom. The highest BCUT2D eigenvalue weighted by Crippen LogP contribution is 2.27. The molecular weight excluding hydrogens is 292 g/mol. The van der Waals surface area contributed by atoms with E-state index in [1.807, 2.05) is 43.3 Å². The van der Waals surface area contributed by atoms with Gasteiger partial charge in [-0.2, -0.15) is 5.26 Å². The Bertz CT molecular complexity index is 720. The maximum Gasteiger partial charge on any atom is 0.161 e. The monoisotopic (exact) mass is 310 g/mol. The normalized spacial score (nSPS) is 10.3. The van der Waals surface area contributed by atoms with Crippen LogP contribution >= 0.6 is 0 Å². The summed E-state index contributed by atoms with van der Waals surface area (Å²) in [4.78, 5) is 5.27. The van der Waals surface area contributed by atoms with Gasteiger partial charge < -0.3 is 14.3 Å². The first-order valence-electron chi connectivity index (χ1n) is 7.22. The van der Waals surface area contributed by atoms with Gasteiger partial charge in [-0.1, -0.05) is 23.4 Å². The first-order valence-corrected chi connectivity index (χ1v) is 7.22. The molecule has 2 aromatic carbocycles. The topological polar surface area (TPSA) is 63.8 Å². The van der Waals surface area contributed by atoms with Gasteiger partial charge in [0.1, 0.15) is 6.61 Å². The maximum absolute atomic E-state index is 9.01. The van der Waals surface area contributed by atoms with Crippen LogP contribution < -0.4 is 9.47 Å². The number of benzene rings is 2. The molecule has 0 heterocycles. The zero-order chi connectivity index (χ0) is 16.5. The molecule has 0 aromatic heterocycles. The lowest BCUT2D eigenvalue weighted by Gasteiger charge is -2.09. The number of nitriles is 1. The number of oxime groups is 1. The first kappa shape index (κ1) is 16.4. The highest BCUT2D eigenvalue weighted by atomic mass is 16.6. The van der Waals surface area contributed by atoms with Crippen LogP contribution in [0.3, 0.4) is 0 Å². The maximum atomic E-state index is 9.01. The largest absolute Gasteiger partial charge is 0.493 e. The van der Waals surface area contributed by atoms with Crippen LogP contribution in [0.25, 0.3) is 0 Å². The Labute approximate surface area is 135 Å². The molecule has 23 heavy (non-hydrogen) atoms. The second-order valence-corrected chi connectivity index (χ2v) is 4.62. The van der Waals surface area contributed by atoms with Gasteiger partial charge in [0.25, 0.3) is 0 Å². The molecule has 2 aromatic rings. The van der Waals surface area contributed by atoms with Crippen LogP contribution in [-0.2, 0) is 11.4 Å². The molecule has 0 saturated heterocycles. The van der Waals surface area contributed by atoms with Crippen molar-refractivity contribution in [1.29, 1.82) is 5.26 Å². The lowest BCUT2D eigenvalue weighted by Crippen LogP contribution is -1.96. The van der Waals surface area contributed by atoms with E-state index >= 15 is 0 Å². The van der Waals surface area contributed by atoms with Crippen molar-refractivity contribution < 1.29 is 14.3 Å². The van der Waals surface area contributed by atoms with E-state index in [-0.39, 0.29) is 6.61 Å². The van der Waals surface area contributed by atoms with E-state index in [2.05, 4.69) is 11.2 Å². The van der Waals surface area contributed by atoms with Gasteiger partial charge in [0.05, 0.1) is 31.6 Å². The van der Waals surface area contributed by atoms with Crippen LogP contribution in [0.5, 0.6) is 11.5 Å². The fourth-order valence-corrected chi connectivity index (χ4v) is 2.00. The summed E-state index contributed by atoms with van der Waals surface area (Å²) in [6, 6.07) is 14.9. The highest BCUT2D eigenvalue weighted by Gasteiger charge is 2.04. The molecule has 0 fully saturated rings. The van der Waals surface area contributed by atoms with Crippen LogP contribution in [0.4, 0.5) is 0 Å². The van der Waals surface area contributed by atoms with Gasteiger partial charge in [-0.05, 0) is 31.2 Å². The minimum absolute atomic E-state index is 0.245. The number of methoxy groups -OCH3 is 1. The Morgan fingerprint density at radius 3 is 2.74 bits per heavy atom. The second-order valence-electron chi connectivity index (χ2n) is 4.62. The molecular formula is C18H18N2O3. The molecule has 0 saturated carbocycles. The molecule has 118 valence electrons. The molecule has 5 heteroatoms. The Kier molecular flexibility index (Phi) is 6.01. The van der Waals surface area contributed by atoms with Gasteiger partial charge in [0.2, 0.25) is 0 Å². The first-order chi connectivity index (χ1) is 11.3. The van der Waals surface area contributed by atoms with Crippen molar-refractivity contribution in [2.45, 2.75) is 13.5 Å². The zero-order valence-electron chi connectivity index (χ0n) is 13.2. The molecule has 0 unspecified atom stereocenters. The third-order valence-electron chi connectivity index (χ3n) is 3.12. The van der Waals surface area contributed by atoms with Crippen LogP contribution in [0, 0.1) is 11.3 Å². The second kappa shape index (κ2) is 8.44. The summed E-state index contributed by atoms with van der Waals surface area (Å²) in [6.07, 6.45) is 1.59. The van der Waals surface area contributed by atoms with E-state index < -0.39 is 0 Å². The third-order valence-corrected chi connectivity index (χ3v) is 3.12. The van der Waals surface area contributed by atoms with E-state index in [0.717, 1.165) is 11.1 Å². The molecule has 0 aliphatic rings. The van der Waals surface area contributed by atoms with Crippen LogP contribution in [0.15, 0.2) is 47.6 Å². The predicted molar refractivity (Wildman–Crippen MR) is 87.7 cm³/mol. The van der Waals surface area contributed by atoms with Crippen LogP contribution in [0.2, 0.25) is 0 Å². The number of hydrogen-bond donors (Lipinski definition) is 0. The van der Waals surface area contributed by atoms with Gasteiger partial charge in [0.15, 0.2) is 11.5 Å². The SMILES string of the molecule is CCOc1cc(/C=N\OCc2ccccc2C#N)ccc1OC. The van der Waals surface area contributed by atoms with Gasteiger partial charge in [0, 0.05) is 11.1 Å². The van der Waals surface area contributed by atoms with E-state index in [1.54, 1.807) is 19.4 Å². The summed E-state index contributed by atoms with van der Waals surface area (Å²) in [5.74, 6) is 1.33. The summed E-state index contributed by atoms with van der Waals surface area (Å²) in [5.41, 5.74) is 2.23. The molecule has 0 N–H and O–H groups in total. The minimum Gasteiger partial charge on any atom is -0.493 e. The van der Waals surface area contributed by atoms with E-state index in [4.69, 9.17) is 19.6 Å². The fourth-order valence-electron chi connectivity index (χ4n) is 2.00. The number of hydrogen-bond acceptors (Lipinski definition) is 5. The van der Waals surface area contributed by atoms with Crippen LogP contribution in [0.1, 0.15) is 23.6 Å². The summed E-state index contributed by atoms with van der Waals surface area (Å²) in [5, 5.41) is 13.0. The summed E-state index contributed by atoms with van der Waals surface area (Å²) in [6.45, 7) is 2.71. The molecule has 5 nitrogen and oxygen atoms in total. The van der Waals surface area contributed by atoms with Gasteiger partial charge in [-0.15, -0.1) is 0 Å². The van der Waals surface area contributed by atoms with Crippen molar-refractivity contribution in [3.63, 3.8) is 0 Å². The lowest BCUT2D eigenvalue weighted by molar-refractivity contribution is 0.132. The quantitative estimate of drug-likeness (QED) is 0.580. The number of rotatable bonds is 7. The van der Waals surface area contributed by atoms with Crippen molar-refractivity contribution >= 4 is 6.21 Å². The van der Waals surface area contributed by atoms with Crippen molar-refractivity contribution in [2.75, 3.05) is 13.7 Å². The fraction of sp³-hybridized carbons (Fsp3) is 0.222. The van der Waals surface area contributed by atoms with Gasteiger partial charge in [-0.25, -0.2) is 0 Å². The van der Waals surface area contributed by atoms with Gasteiger partial charge >= 0.3 is 0 Å². The predicted octanol–water partition coefficient (Wildman–Crippen LogP) is 3.52. The molecule has 2 rings (SSSR count). The Balaban J connectivity index is 2.00. The summed E-state index contributed by atoms with van der Waals surface area (Å²) in [7, 11) is 1.60. The zero-order valence-corrected chi connectivity index (χ0v) is 13.2. The highest BCUT2D eigenvalue weighted by molar-refractivity contribution is 5.80. The average molecular weight is 310 g/mol. The molecule has 0 atom stereocenters. The number of ether oxygens (including phenoxy) is 2. The molecule has 0 spiro atoms.